The van der Waals surface area contributed by atoms with Gasteiger partial charge in [-0.3, -0.25) is 9.69 Å². The number of thiazole rings is 1. The van der Waals surface area contributed by atoms with Gasteiger partial charge in [0.05, 0.1) is 10.5 Å². The lowest BCUT2D eigenvalue weighted by Gasteiger charge is -2.05. The lowest BCUT2D eigenvalue weighted by molar-refractivity contribution is -0.121. The van der Waals surface area contributed by atoms with Crippen LogP contribution in [0.3, 0.4) is 0 Å². The summed E-state index contributed by atoms with van der Waals surface area (Å²) in [5.41, 5.74) is 0.968. The van der Waals surface area contributed by atoms with E-state index in [2.05, 4.69) is 9.98 Å². The summed E-state index contributed by atoms with van der Waals surface area (Å²) in [5, 5.41) is 11.9. The summed E-state index contributed by atoms with van der Waals surface area (Å²) in [6.45, 7) is 0. The predicted molar refractivity (Wildman–Crippen MR) is 90.9 cm³/mol. The van der Waals surface area contributed by atoms with Gasteiger partial charge in [0.2, 0.25) is 5.13 Å². The second-order valence-electron chi connectivity index (χ2n) is 4.61. The molecule has 0 aliphatic carbocycles. The molecule has 1 fully saturated rings. The van der Waals surface area contributed by atoms with Crippen LogP contribution in [0.2, 0.25) is 0 Å². The van der Waals surface area contributed by atoms with Gasteiger partial charge in [-0.2, -0.15) is 4.99 Å². The van der Waals surface area contributed by atoms with E-state index in [0.717, 1.165) is 5.56 Å². The molecule has 1 aliphatic rings. The summed E-state index contributed by atoms with van der Waals surface area (Å²) < 4.78 is 0. The molecule has 23 heavy (non-hydrogen) atoms. The Labute approximate surface area is 140 Å². The maximum Gasteiger partial charge on any atom is 0.335 e. The minimum Gasteiger partial charge on any atom is -0.478 e. The molecule has 116 valence electrons. The summed E-state index contributed by atoms with van der Waals surface area (Å²) >= 11 is 2.67. The lowest BCUT2D eigenvalue weighted by atomic mass is 10.1. The van der Waals surface area contributed by atoms with E-state index in [9.17, 15) is 9.59 Å². The molecule has 3 rings (SSSR count). The monoisotopic (exact) mass is 345 g/mol. The molecule has 1 aromatic carbocycles. The number of nitrogens with zero attached hydrogens (tertiary/aromatic N) is 3. The average Bonchev–Trinajstić information content (AvgIpc) is 3.13. The van der Waals surface area contributed by atoms with Crippen LogP contribution in [0, 0.1) is 0 Å². The first kappa shape index (κ1) is 15.4. The van der Waals surface area contributed by atoms with Crippen molar-refractivity contribution in [3.63, 3.8) is 0 Å². The number of carboxylic acids is 1. The molecule has 2 heterocycles. The maximum atomic E-state index is 12.3. The molecule has 0 unspecified atom stereocenters. The third-order valence-electron chi connectivity index (χ3n) is 3.07. The number of aromatic carboxylic acids is 1. The molecule has 1 amide bonds. The van der Waals surface area contributed by atoms with E-state index >= 15 is 0 Å². The Hall–Kier alpha value is -2.45. The van der Waals surface area contributed by atoms with Crippen LogP contribution < -0.4 is 0 Å². The Bertz CT molecular complexity index is 811. The standard InChI is InChI=1S/C15H11N3O3S2/c1-18-12(19)11(23-15(18)17-14-16-6-7-22-14)8-9-2-4-10(5-3-9)13(20)21/h2-8H,1H3,(H,20,21). The first-order chi connectivity index (χ1) is 11.0. The van der Waals surface area contributed by atoms with Gasteiger partial charge in [0.15, 0.2) is 5.17 Å². The highest BCUT2D eigenvalue weighted by Gasteiger charge is 2.30. The van der Waals surface area contributed by atoms with Crippen LogP contribution in [0.15, 0.2) is 45.7 Å². The summed E-state index contributed by atoms with van der Waals surface area (Å²) in [4.78, 5) is 33.6. The Balaban J connectivity index is 1.85. The van der Waals surface area contributed by atoms with Gasteiger partial charge in [-0.1, -0.05) is 12.1 Å². The molecule has 8 heteroatoms. The van der Waals surface area contributed by atoms with Crippen LogP contribution in [0.4, 0.5) is 5.13 Å². The second-order valence-corrected chi connectivity index (χ2v) is 6.49. The van der Waals surface area contributed by atoms with Crippen LogP contribution in [0.1, 0.15) is 15.9 Å². The SMILES string of the molecule is CN1C(=O)C(=Cc2ccc(C(=O)O)cc2)SC1=Nc1nccs1. The minimum absolute atomic E-state index is 0.146. The predicted octanol–water partition coefficient (Wildman–Crippen LogP) is 3.08. The fourth-order valence-electron chi connectivity index (χ4n) is 1.88. The van der Waals surface area contributed by atoms with Crippen molar-refractivity contribution in [3.8, 4) is 0 Å². The number of carboxylic acid groups (broad SMARTS) is 1. The molecule has 2 aromatic rings. The van der Waals surface area contributed by atoms with Crippen LogP contribution in [0.25, 0.3) is 6.08 Å². The van der Waals surface area contributed by atoms with E-state index in [1.807, 2.05) is 5.38 Å². The van der Waals surface area contributed by atoms with Gasteiger partial charge in [0.25, 0.3) is 5.91 Å². The van der Waals surface area contributed by atoms with Crippen molar-refractivity contribution in [1.29, 1.82) is 0 Å². The summed E-state index contributed by atoms with van der Waals surface area (Å²) in [6, 6.07) is 6.35. The van der Waals surface area contributed by atoms with Gasteiger partial charge in [-0.25, -0.2) is 9.78 Å². The third kappa shape index (κ3) is 3.33. The van der Waals surface area contributed by atoms with E-state index < -0.39 is 5.97 Å². The number of rotatable bonds is 3. The van der Waals surface area contributed by atoms with Gasteiger partial charge >= 0.3 is 5.97 Å². The summed E-state index contributed by atoms with van der Waals surface area (Å²) in [5.74, 6) is -1.12. The van der Waals surface area contributed by atoms with E-state index in [4.69, 9.17) is 5.11 Å². The number of likely N-dealkylation sites (N-methyl/N-ethyl adjacent to an activating group) is 1. The molecule has 1 saturated heterocycles. The second kappa shape index (κ2) is 6.35. The van der Waals surface area contributed by atoms with Crippen molar-refractivity contribution in [2.75, 3.05) is 7.05 Å². The van der Waals surface area contributed by atoms with E-state index in [-0.39, 0.29) is 11.5 Å². The minimum atomic E-state index is -0.979. The molecule has 1 aromatic heterocycles. The van der Waals surface area contributed by atoms with Crippen molar-refractivity contribution >= 4 is 51.4 Å². The van der Waals surface area contributed by atoms with Gasteiger partial charge in [0.1, 0.15) is 0 Å². The van der Waals surface area contributed by atoms with Crippen molar-refractivity contribution in [2.24, 2.45) is 4.99 Å². The van der Waals surface area contributed by atoms with Crippen molar-refractivity contribution in [1.82, 2.24) is 9.88 Å². The molecule has 0 radical (unpaired) electrons. The van der Waals surface area contributed by atoms with Crippen LogP contribution in [0.5, 0.6) is 0 Å². The smallest absolute Gasteiger partial charge is 0.335 e. The molecule has 1 aliphatic heterocycles. The fourth-order valence-corrected chi connectivity index (χ4v) is 3.41. The number of carbonyl (C=O) groups excluding carboxylic acids is 1. The number of amides is 1. The number of hydrogen-bond acceptors (Lipinski definition) is 6. The zero-order valence-corrected chi connectivity index (χ0v) is 13.6. The van der Waals surface area contributed by atoms with Gasteiger partial charge in [0, 0.05) is 18.6 Å². The number of aromatic nitrogens is 1. The summed E-state index contributed by atoms with van der Waals surface area (Å²) in [6.07, 6.45) is 3.38. The zero-order chi connectivity index (χ0) is 16.4. The molecular weight excluding hydrogens is 334 g/mol. The van der Waals surface area contributed by atoms with E-state index in [1.165, 1.54) is 40.1 Å². The molecule has 0 saturated carbocycles. The summed E-state index contributed by atoms with van der Waals surface area (Å²) in [7, 11) is 1.66. The number of thioether (sulfide) groups is 1. The molecule has 0 spiro atoms. The third-order valence-corrected chi connectivity index (χ3v) is 4.79. The largest absolute Gasteiger partial charge is 0.478 e. The average molecular weight is 345 g/mol. The van der Waals surface area contributed by atoms with Gasteiger partial charge < -0.3 is 5.11 Å². The first-order valence-corrected chi connectivity index (χ1v) is 8.23. The lowest BCUT2D eigenvalue weighted by Crippen LogP contribution is -2.23. The number of aliphatic imine (C=N–C) groups is 1. The molecule has 6 nitrogen and oxygen atoms in total. The van der Waals surface area contributed by atoms with E-state index in [0.29, 0.717) is 15.2 Å². The Kier molecular flexibility index (Phi) is 4.26. The van der Waals surface area contributed by atoms with Crippen LogP contribution >= 0.6 is 23.1 Å². The maximum absolute atomic E-state index is 12.3. The van der Waals surface area contributed by atoms with Crippen molar-refractivity contribution in [2.45, 2.75) is 0 Å². The molecular formula is C15H11N3O3S2. The van der Waals surface area contributed by atoms with Crippen molar-refractivity contribution in [3.05, 3.63) is 51.9 Å². The Morgan fingerprint density at radius 1 is 1.35 bits per heavy atom. The Morgan fingerprint density at radius 3 is 2.70 bits per heavy atom. The number of hydrogen-bond donors (Lipinski definition) is 1. The van der Waals surface area contributed by atoms with Crippen LogP contribution in [-0.4, -0.2) is 39.1 Å². The highest BCUT2D eigenvalue weighted by Crippen LogP contribution is 2.33. The quantitative estimate of drug-likeness (QED) is 0.865. The van der Waals surface area contributed by atoms with Crippen LogP contribution in [-0.2, 0) is 4.79 Å². The first-order valence-electron chi connectivity index (χ1n) is 6.54. The highest BCUT2D eigenvalue weighted by molar-refractivity contribution is 8.18. The normalized spacial score (nSPS) is 18.1. The molecule has 0 bridgehead atoms. The number of benzene rings is 1. The van der Waals surface area contributed by atoms with Crippen molar-refractivity contribution < 1.29 is 14.7 Å². The molecule has 1 N–H and O–H groups in total. The zero-order valence-electron chi connectivity index (χ0n) is 12.0. The number of carbonyl (C=O) groups is 2. The topological polar surface area (TPSA) is 82.9 Å². The van der Waals surface area contributed by atoms with Gasteiger partial charge in [-0.15, -0.1) is 11.3 Å². The van der Waals surface area contributed by atoms with Gasteiger partial charge in [-0.05, 0) is 35.5 Å². The molecule has 0 atom stereocenters. The number of amidine groups is 1. The Morgan fingerprint density at radius 2 is 2.09 bits per heavy atom. The highest BCUT2D eigenvalue weighted by atomic mass is 32.2. The fraction of sp³-hybridized carbons (Fsp3) is 0.0667. The van der Waals surface area contributed by atoms with E-state index in [1.54, 1.807) is 31.5 Å².